The third kappa shape index (κ3) is 2.18. The summed E-state index contributed by atoms with van der Waals surface area (Å²) in [5.41, 5.74) is 4.88. The summed E-state index contributed by atoms with van der Waals surface area (Å²) in [6, 6.07) is 0. The van der Waals surface area contributed by atoms with Gasteiger partial charge in [-0.25, -0.2) is 8.78 Å². The zero-order valence-corrected chi connectivity index (χ0v) is 4.60. The first-order valence-corrected chi connectivity index (χ1v) is 2.23. The Balaban J connectivity index is 3.35. The lowest BCUT2D eigenvalue weighted by Crippen LogP contribution is -2.29. The van der Waals surface area contributed by atoms with Crippen LogP contribution in [0.25, 0.3) is 0 Å². The van der Waals surface area contributed by atoms with Gasteiger partial charge in [0.2, 0.25) is 0 Å². The first-order valence-electron chi connectivity index (χ1n) is 2.23. The Kier molecular flexibility index (Phi) is 3.64. The summed E-state index contributed by atoms with van der Waals surface area (Å²) < 4.78 is 27.3. The lowest BCUT2D eigenvalue weighted by Gasteiger charge is -2.09. The molecule has 0 aromatic rings. The molecule has 0 spiro atoms. The summed E-state index contributed by atoms with van der Waals surface area (Å²) in [5.74, 6) is 0. The van der Waals surface area contributed by atoms with E-state index >= 15 is 0 Å². The molecule has 0 aliphatic heterocycles. The van der Waals surface area contributed by atoms with Gasteiger partial charge in [0.1, 0.15) is 6.10 Å². The van der Waals surface area contributed by atoms with Gasteiger partial charge in [-0.2, -0.15) is 0 Å². The monoisotopic (exact) mass is 125 g/mol. The van der Waals surface area contributed by atoms with Crippen molar-refractivity contribution in [2.75, 3.05) is 13.7 Å². The van der Waals surface area contributed by atoms with Gasteiger partial charge in [-0.05, 0) is 0 Å². The molecule has 50 valence electrons. The molecule has 0 saturated carbocycles. The van der Waals surface area contributed by atoms with Crippen LogP contribution in [0.15, 0.2) is 0 Å². The Morgan fingerprint density at radius 2 is 2.12 bits per heavy atom. The largest absolute Gasteiger partial charge is 0.374 e. The number of ether oxygens (including phenoxy) is 1. The Bertz CT molecular complexity index is 56.0. The molecule has 2 nitrogen and oxygen atoms in total. The van der Waals surface area contributed by atoms with E-state index in [1.807, 2.05) is 0 Å². The molecule has 0 radical (unpaired) electrons. The average molecular weight is 125 g/mol. The maximum atomic E-state index is 11.5. The van der Waals surface area contributed by atoms with Crippen LogP contribution in [-0.4, -0.2) is 26.2 Å². The number of methoxy groups -OCH3 is 1. The summed E-state index contributed by atoms with van der Waals surface area (Å²) in [6.45, 7) is -0.131. The van der Waals surface area contributed by atoms with Crippen molar-refractivity contribution < 1.29 is 13.5 Å². The normalized spacial score (nSPS) is 14.6. The molecule has 0 rings (SSSR count). The summed E-state index contributed by atoms with van der Waals surface area (Å²) in [5, 5.41) is 0. The predicted octanol–water partition coefficient (Wildman–Crippen LogP) is 0.225. The van der Waals surface area contributed by atoms with Gasteiger partial charge in [-0.3, -0.25) is 0 Å². The molecule has 2 N–H and O–H groups in total. The predicted molar refractivity (Wildman–Crippen MR) is 25.9 cm³/mol. The minimum atomic E-state index is -2.47. The van der Waals surface area contributed by atoms with Gasteiger partial charge in [-0.1, -0.05) is 0 Å². The lowest BCUT2D eigenvalue weighted by atomic mass is 10.4. The fourth-order valence-electron chi connectivity index (χ4n) is 0.302. The molecule has 4 heteroatoms. The van der Waals surface area contributed by atoms with E-state index in [1.165, 1.54) is 7.11 Å². The smallest absolute Gasteiger partial charge is 0.265 e. The van der Waals surface area contributed by atoms with Gasteiger partial charge in [0.05, 0.1) is 0 Å². The standard InChI is InChI=1S/C4H9F2NO/c1-8-3(2-7)4(5)6/h3-4H,2,7H2,1H3. The second-order valence-electron chi connectivity index (χ2n) is 1.34. The van der Waals surface area contributed by atoms with E-state index in [0.29, 0.717) is 0 Å². The zero-order chi connectivity index (χ0) is 6.57. The van der Waals surface area contributed by atoms with Crippen molar-refractivity contribution in [1.29, 1.82) is 0 Å². The molecule has 0 amide bonds. The number of hydrogen-bond acceptors (Lipinski definition) is 2. The van der Waals surface area contributed by atoms with Crippen LogP contribution in [0, 0.1) is 0 Å². The van der Waals surface area contributed by atoms with E-state index in [1.54, 1.807) is 0 Å². The van der Waals surface area contributed by atoms with Crippen molar-refractivity contribution >= 4 is 0 Å². The highest BCUT2D eigenvalue weighted by atomic mass is 19.3. The lowest BCUT2D eigenvalue weighted by molar-refractivity contribution is -0.0265. The maximum absolute atomic E-state index is 11.5. The molecule has 8 heavy (non-hydrogen) atoms. The van der Waals surface area contributed by atoms with Crippen LogP contribution in [0.5, 0.6) is 0 Å². The summed E-state index contributed by atoms with van der Waals surface area (Å²) in [6.07, 6.45) is -3.57. The first-order chi connectivity index (χ1) is 3.72. The summed E-state index contributed by atoms with van der Waals surface area (Å²) >= 11 is 0. The first kappa shape index (κ1) is 7.78. The van der Waals surface area contributed by atoms with Crippen LogP contribution in [0.2, 0.25) is 0 Å². The highest BCUT2D eigenvalue weighted by Gasteiger charge is 2.16. The molecule has 0 fully saturated rings. The molecular formula is C4H9F2NO. The molecule has 0 aromatic carbocycles. The van der Waals surface area contributed by atoms with Crippen LogP contribution < -0.4 is 5.73 Å². The minimum absolute atomic E-state index is 0.131. The number of alkyl halides is 2. The van der Waals surface area contributed by atoms with Crippen LogP contribution in [-0.2, 0) is 4.74 Å². The number of hydrogen-bond donors (Lipinski definition) is 1. The average Bonchev–Trinajstić information content (AvgIpc) is 1.69. The van der Waals surface area contributed by atoms with Crippen LogP contribution >= 0.6 is 0 Å². The highest BCUT2D eigenvalue weighted by molar-refractivity contribution is 4.58. The van der Waals surface area contributed by atoms with Crippen molar-refractivity contribution in [3.63, 3.8) is 0 Å². The van der Waals surface area contributed by atoms with Gasteiger partial charge in [0.15, 0.2) is 0 Å². The summed E-state index contributed by atoms with van der Waals surface area (Å²) in [7, 11) is 1.21. The van der Waals surface area contributed by atoms with Crippen molar-refractivity contribution in [3.8, 4) is 0 Å². The second kappa shape index (κ2) is 3.74. The van der Waals surface area contributed by atoms with Crippen molar-refractivity contribution in [2.45, 2.75) is 12.5 Å². The van der Waals surface area contributed by atoms with E-state index in [2.05, 4.69) is 4.74 Å². The topological polar surface area (TPSA) is 35.2 Å². The molecule has 0 aromatic heterocycles. The van der Waals surface area contributed by atoms with E-state index < -0.39 is 12.5 Å². The van der Waals surface area contributed by atoms with Gasteiger partial charge in [0, 0.05) is 13.7 Å². The third-order valence-corrected chi connectivity index (χ3v) is 0.816. The fraction of sp³-hybridized carbons (Fsp3) is 1.00. The quantitative estimate of drug-likeness (QED) is 0.585. The van der Waals surface area contributed by atoms with Crippen molar-refractivity contribution in [1.82, 2.24) is 0 Å². The fourth-order valence-corrected chi connectivity index (χ4v) is 0.302. The Morgan fingerprint density at radius 1 is 1.62 bits per heavy atom. The Hall–Kier alpha value is -0.220. The van der Waals surface area contributed by atoms with Gasteiger partial charge in [-0.15, -0.1) is 0 Å². The van der Waals surface area contributed by atoms with Gasteiger partial charge >= 0.3 is 0 Å². The molecule has 0 bridgehead atoms. The van der Waals surface area contributed by atoms with Crippen LogP contribution in [0.4, 0.5) is 8.78 Å². The highest BCUT2D eigenvalue weighted by Crippen LogP contribution is 2.01. The minimum Gasteiger partial charge on any atom is -0.374 e. The number of rotatable bonds is 3. The molecular weight excluding hydrogens is 116 g/mol. The molecule has 0 aliphatic rings. The zero-order valence-electron chi connectivity index (χ0n) is 4.60. The van der Waals surface area contributed by atoms with E-state index in [-0.39, 0.29) is 6.54 Å². The van der Waals surface area contributed by atoms with E-state index in [0.717, 1.165) is 0 Å². The third-order valence-electron chi connectivity index (χ3n) is 0.816. The SMILES string of the molecule is COC(CN)C(F)F. The Morgan fingerprint density at radius 3 is 2.12 bits per heavy atom. The van der Waals surface area contributed by atoms with Crippen LogP contribution in [0.3, 0.4) is 0 Å². The molecule has 0 heterocycles. The molecule has 1 atom stereocenters. The number of halogens is 2. The molecule has 0 aliphatic carbocycles. The van der Waals surface area contributed by atoms with Crippen molar-refractivity contribution in [2.24, 2.45) is 5.73 Å². The molecule has 0 saturated heterocycles. The van der Waals surface area contributed by atoms with E-state index in [4.69, 9.17) is 5.73 Å². The van der Waals surface area contributed by atoms with Crippen LogP contribution in [0.1, 0.15) is 0 Å². The van der Waals surface area contributed by atoms with Crippen molar-refractivity contribution in [3.05, 3.63) is 0 Å². The van der Waals surface area contributed by atoms with E-state index in [9.17, 15) is 8.78 Å². The second-order valence-corrected chi connectivity index (χ2v) is 1.34. The van der Waals surface area contributed by atoms with Gasteiger partial charge in [0.25, 0.3) is 6.43 Å². The number of nitrogens with two attached hydrogens (primary N) is 1. The Labute approximate surface area is 46.6 Å². The maximum Gasteiger partial charge on any atom is 0.265 e. The molecule has 1 unspecified atom stereocenters. The summed E-state index contributed by atoms with van der Waals surface area (Å²) in [4.78, 5) is 0. The van der Waals surface area contributed by atoms with Gasteiger partial charge < -0.3 is 10.5 Å².